The van der Waals surface area contributed by atoms with E-state index in [0.29, 0.717) is 19.3 Å². The van der Waals surface area contributed by atoms with Gasteiger partial charge in [0.15, 0.2) is 6.10 Å². The first kappa shape index (κ1) is 75.0. The molecule has 0 aliphatic heterocycles. The third-order valence-electron chi connectivity index (χ3n) is 13.3. The van der Waals surface area contributed by atoms with E-state index in [0.717, 1.165) is 173 Å². The average Bonchev–Trinajstić information content (AvgIpc) is 3.46. The number of esters is 3. The SMILES string of the molecule is CC/C=C\C/C=C\C/C=C\C/C=C\C/C=C\C/C=C\C/C=C\CCCCCCCC(=O)OCC(COC(=O)CCCCCCCCCCCC)OC(=O)CCCCCCCC/C=C\C/C=C\C/C=C\C/C=C\C/C=C\C/C=C\CC. The lowest BCUT2D eigenvalue weighted by Crippen LogP contribution is -2.30. The van der Waals surface area contributed by atoms with Gasteiger partial charge in [0, 0.05) is 19.3 Å². The molecule has 0 aromatic rings. The van der Waals surface area contributed by atoms with Crippen molar-refractivity contribution in [1.82, 2.24) is 0 Å². The molecule has 0 heterocycles. The van der Waals surface area contributed by atoms with Crippen molar-refractivity contribution in [2.24, 2.45) is 0 Å². The first-order valence-corrected chi connectivity index (χ1v) is 32.5. The van der Waals surface area contributed by atoms with Crippen LogP contribution in [-0.4, -0.2) is 37.2 Å². The lowest BCUT2D eigenvalue weighted by Gasteiger charge is -2.18. The van der Waals surface area contributed by atoms with Crippen molar-refractivity contribution in [1.29, 1.82) is 0 Å². The molecular weight excluding hydrogens is 985 g/mol. The molecule has 0 amide bonds. The Hall–Kier alpha value is -4.97. The van der Waals surface area contributed by atoms with Crippen LogP contribution in [0.5, 0.6) is 0 Å². The van der Waals surface area contributed by atoms with Crippen LogP contribution in [0.15, 0.2) is 158 Å². The van der Waals surface area contributed by atoms with Gasteiger partial charge in [0.05, 0.1) is 0 Å². The number of ether oxygens (including phenoxy) is 3. The summed E-state index contributed by atoms with van der Waals surface area (Å²) in [5.74, 6) is -0.933. The number of hydrogen-bond acceptors (Lipinski definition) is 6. The standard InChI is InChI=1S/C74H118O6/c1-4-7-10-13-16-19-22-24-26-28-30-32-34-36-37-39-40-42-44-46-48-50-52-55-58-61-64-67-73(76)79-70-71(69-78-72(75)66-63-60-57-54-21-18-15-12-9-6-3)80-74(77)68-65-62-59-56-53-51-49-47-45-43-41-38-35-33-31-29-27-25-23-20-17-14-11-8-5-2/h7-8,10-11,16-17,19-20,24-27,30-33,36-38,40-42,45-48,71H,4-6,9,12-15,18,21-23,28-29,34-35,39,43-44,49-70H2,1-3H3/b10-7-,11-8-,19-16-,20-17-,26-24-,27-25-,32-30-,33-31-,37-36-,41-38-,42-40-,47-45-,48-46-. The van der Waals surface area contributed by atoms with E-state index >= 15 is 0 Å². The largest absolute Gasteiger partial charge is 0.462 e. The Kier molecular flexibility index (Phi) is 62.4. The first-order valence-electron chi connectivity index (χ1n) is 32.5. The van der Waals surface area contributed by atoms with Crippen LogP contribution in [0.3, 0.4) is 0 Å². The molecule has 1 unspecified atom stereocenters. The van der Waals surface area contributed by atoms with Crippen LogP contribution in [0.2, 0.25) is 0 Å². The zero-order valence-electron chi connectivity index (χ0n) is 51.5. The van der Waals surface area contributed by atoms with E-state index in [-0.39, 0.29) is 31.1 Å². The fraction of sp³-hybridized carbons (Fsp3) is 0.608. The van der Waals surface area contributed by atoms with E-state index in [1.807, 2.05) is 0 Å². The summed E-state index contributed by atoms with van der Waals surface area (Å²) in [6.45, 7) is 6.37. The molecule has 0 aliphatic carbocycles. The van der Waals surface area contributed by atoms with Gasteiger partial charge in [-0.15, -0.1) is 0 Å². The summed E-state index contributed by atoms with van der Waals surface area (Å²) >= 11 is 0. The van der Waals surface area contributed by atoms with Crippen molar-refractivity contribution in [3.05, 3.63) is 158 Å². The van der Waals surface area contributed by atoms with Gasteiger partial charge in [0.25, 0.3) is 0 Å². The van der Waals surface area contributed by atoms with Crippen LogP contribution in [-0.2, 0) is 28.6 Å². The normalized spacial score (nSPS) is 13.2. The van der Waals surface area contributed by atoms with Crippen molar-refractivity contribution in [3.8, 4) is 0 Å². The molecule has 450 valence electrons. The molecule has 1 atom stereocenters. The predicted octanol–water partition coefficient (Wildman–Crippen LogP) is 22.5. The van der Waals surface area contributed by atoms with E-state index in [9.17, 15) is 14.4 Å². The fourth-order valence-electron chi connectivity index (χ4n) is 8.48. The molecule has 0 bridgehead atoms. The smallest absolute Gasteiger partial charge is 0.306 e. The fourth-order valence-corrected chi connectivity index (χ4v) is 8.48. The van der Waals surface area contributed by atoms with Gasteiger partial charge in [-0.3, -0.25) is 14.4 Å². The van der Waals surface area contributed by atoms with Gasteiger partial charge in [0.2, 0.25) is 0 Å². The highest BCUT2D eigenvalue weighted by molar-refractivity contribution is 5.71. The third-order valence-corrected chi connectivity index (χ3v) is 13.3. The van der Waals surface area contributed by atoms with Gasteiger partial charge >= 0.3 is 17.9 Å². The molecule has 0 rings (SSSR count). The molecule has 0 fully saturated rings. The van der Waals surface area contributed by atoms with Crippen LogP contribution in [0.4, 0.5) is 0 Å². The molecular formula is C74H118O6. The molecule has 0 N–H and O–H groups in total. The minimum Gasteiger partial charge on any atom is -0.462 e. The second-order valence-corrected chi connectivity index (χ2v) is 20.9. The number of rotatable bonds is 57. The Morgan fingerprint density at radius 3 is 0.762 bits per heavy atom. The molecule has 0 saturated carbocycles. The van der Waals surface area contributed by atoms with Crippen molar-refractivity contribution < 1.29 is 28.6 Å². The summed E-state index contributed by atoms with van der Waals surface area (Å²) in [6, 6.07) is 0. The third kappa shape index (κ3) is 63.9. The summed E-state index contributed by atoms with van der Waals surface area (Å²) in [5.41, 5.74) is 0. The molecule has 6 heteroatoms. The Balaban J connectivity index is 4.37. The van der Waals surface area contributed by atoms with E-state index < -0.39 is 6.10 Å². The monoisotopic (exact) mass is 1100 g/mol. The highest BCUT2D eigenvalue weighted by atomic mass is 16.6. The Labute approximate surface area is 492 Å². The predicted molar refractivity (Wildman–Crippen MR) is 348 cm³/mol. The summed E-state index contributed by atoms with van der Waals surface area (Å²) in [4.78, 5) is 38.3. The second-order valence-electron chi connectivity index (χ2n) is 20.9. The van der Waals surface area contributed by atoms with Crippen LogP contribution < -0.4 is 0 Å². The number of carbonyl (C=O) groups is 3. The van der Waals surface area contributed by atoms with E-state index in [2.05, 4.69) is 179 Å². The van der Waals surface area contributed by atoms with E-state index in [4.69, 9.17) is 14.2 Å². The maximum Gasteiger partial charge on any atom is 0.306 e. The van der Waals surface area contributed by atoms with E-state index in [1.54, 1.807) is 0 Å². The molecule has 0 aliphatic rings. The molecule has 0 aromatic heterocycles. The number of allylic oxidation sites excluding steroid dienone is 26. The van der Waals surface area contributed by atoms with Gasteiger partial charge < -0.3 is 14.2 Å². The molecule has 0 spiro atoms. The minimum absolute atomic E-state index is 0.0950. The van der Waals surface area contributed by atoms with Crippen molar-refractivity contribution in [2.45, 2.75) is 277 Å². The zero-order valence-corrected chi connectivity index (χ0v) is 51.5. The van der Waals surface area contributed by atoms with Gasteiger partial charge in [-0.2, -0.15) is 0 Å². The average molecular weight is 1100 g/mol. The maximum atomic E-state index is 12.9. The molecule has 6 nitrogen and oxygen atoms in total. The quantitative estimate of drug-likeness (QED) is 0.0261. The summed E-state index contributed by atoms with van der Waals surface area (Å²) < 4.78 is 16.9. The van der Waals surface area contributed by atoms with Gasteiger partial charge in [-0.25, -0.2) is 0 Å². The molecule has 0 saturated heterocycles. The highest BCUT2D eigenvalue weighted by Gasteiger charge is 2.19. The van der Waals surface area contributed by atoms with Gasteiger partial charge in [0.1, 0.15) is 13.2 Å². The molecule has 0 aromatic carbocycles. The van der Waals surface area contributed by atoms with Gasteiger partial charge in [-0.05, 0) is 128 Å². The van der Waals surface area contributed by atoms with Crippen molar-refractivity contribution in [3.63, 3.8) is 0 Å². The Morgan fingerprint density at radius 1 is 0.263 bits per heavy atom. The van der Waals surface area contributed by atoms with Crippen LogP contribution in [0.25, 0.3) is 0 Å². The van der Waals surface area contributed by atoms with Crippen LogP contribution in [0, 0.1) is 0 Å². The number of carbonyl (C=O) groups excluding carboxylic acids is 3. The minimum atomic E-state index is -0.801. The lowest BCUT2D eigenvalue weighted by atomic mass is 10.1. The topological polar surface area (TPSA) is 78.9 Å². The molecule has 0 radical (unpaired) electrons. The first-order chi connectivity index (χ1) is 39.5. The van der Waals surface area contributed by atoms with Gasteiger partial charge in [-0.1, -0.05) is 281 Å². The Morgan fingerprint density at radius 2 is 0.487 bits per heavy atom. The van der Waals surface area contributed by atoms with E-state index in [1.165, 1.54) is 57.8 Å². The zero-order chi connectivity index (χ0) is 57.8. The van der Waals surface area contributed by atoms with Crippen LogP contribution in [0.1, 0.15) is 271 Å². The summed E-state index contributed by atoms with van der Waals surface area (Å²) in [5, 5.41) is 0. The Bertz CT molecular complexity index is 1790. The summed E-state index contributed by atoms with van der Waals surface area (Å²) in [7, 11) is 0. The highest BCUT2D eigenvalue weighted by Crippen LogP contribution is 2.15. The summed E-state index contributed by atoms with van der Waals surface area (Å²) in [6.07, 6.45) is 96.8. The number of hydrogen-bond donors (Lipinski definition) is 0. The number of unbranched alkanes of at least 4 members (excludes halogenated alkanes) is 20. The van der Waals surface area contributed by atoms with Crippen molar-refractivity contribution >= 4 is 17.9 Å². The van der Waals surface area contributed by atoms with Crippen molar-refractivity contribution in [2.75, 3.05) is 13.2 Å². The molecule has 80 heavy (non-hydrogen) atoms. The maximum absolute atomic E-state index is 12.9. The second kappa shape index (κ2) is 66.5. The van der Waals surface area contributed by atoms with Crippen LogP contribution >= 0.6 is 0 Å². The lowest BCUT2D eigenvalue weighted by molar-refractivity contribution is -0.167.